The monoisotopic (exact) mass is 447 g/mol. The van der Waals surface area contributed by atoms with E-state index in [9.17, 15) is 79.7 Å². The highest BCUT2D eigenvalue weighted by molar-refractivity contribution is 5.19. The van der Waals surface area contributed by atoms with Gasteiger partial charge in [-0.3, -0.25) is 0 Å². The normalized spacial score (nSPS) is 15.8. The maximum absolute atomic E-state index is 12.9. The second-order valence-corrected chi connectivity index (χ2v) is 4.54. The summed E-state index contributed by atoms with van der Waals surface area (Å²) in [5, 5.41) is 9.55. The van der Waals surface area contributed by atoms with Gasteiger partial charge in [0.05, 0.1) is 0 Å². The van der Waals surface area contributed by atoms with Crippen molar-refractivity contribution >= 4 is 0 Å². The Labute approximate surface area is 135 Å². The molecule has 161 valence electrons. The molecule has 0 unspecified atom stereocenters. The number of allylic oxidation sites excluding steroid dienone is 1. The molecule has 18 heteroatoms. The molecule has 0 saturated heterocycles. The van der Waals surface area contributed by atoms with E-state index in [2.05, 4.69) is 0 Å². The van der Waals surface area contributed by atoms with Gasteiger partial charge >= 0.3 is 47.7 Å². The van der Waals surface area contributed by atoms with Crippen LogP contribution in [-0.2, 0) is 5.11 Å². The zero-order chi connectivity index (χ0) is 22.7. The van der Waals surface area contributed by atoms with Gasteiger partial charge in [0.2, 0.25) is 5.83 Å². The molecule has 0 spiro atoms. The average molecular weight is 447 g/mol. The quantitative estimate of drug-likeness (QED) is 0.434. The summed E-state index contributed by atoms with van der Waals surface area (Å²) in [7, 11) is 0. The summed E-state index contributed by atoms with van der Waals surface area (Å²) in [6.45, 7) is 0. The fraction of sp³-hybridized carbons (Fsp3) is 0.778. The third-order valence-electron chi connectivity index (χ3n) is 2.78. The smallest absolute Gasteiger partial charge is 0.199 e. The van der Waals surface area contributed by atoms with E-state index in [1.165, 1.54) is 0 Å². The molecule has 0 aromatic rings. The molecule has 0 aliphatic rings. The summed E-state index contributed by atoms with van der Waals surface area (Å²) in [5.41, 5.74) is 0. The van der Waals surface area contributed by atoms with Crippen molar-refractivity contribution in [3.05, 3.63) is 11.9 Å². The molecule has 0 aromatic heterocycles. The Hall–Kier alpha value is -1.49. The lowest BCUT2D eigenvalue weighted by molar-refractivity contribution is -0.468. The lowest BCUT2D eigenvalue weighted by Crippen LogP contribution is -2.73. The maximum atomic E-state index is 12.9. The molecule has 0 atom stereocenters. The van der Waals surface area contributed by atoms with Gasteiger partial charge in [0.15, 0.2) is 0 Å². The summed E-state index contributed by atoms with van der Waals surface area (Å²) in [4.78, 5) is 0. The molecule has 0 aliphatic heterocycles. The van der Waals surface area contributed by atoms with Crippen molar-refractivity contribution in [2.45, 2.75) is 41.6 Å². The van der Waals surface area contributed by atoms with Crippen LogP contribution in [0.1, 0.15) is 0 Å². The summed E-state index contributed by atoms with van der Waals surface area (Å²) in [6.07, 6.45) is -12.1. The Balaban J connectivity index is 6.70. The first kappa shape index (κ1) is 25.5. The van der Waals surface area contributed by atoms with E-state index in [0.717, 1.165) is 0 Å². The van der Waals surface area contributed by atoms with Crippen molar-refractivity contribution in [3.63, 3.8) is 0 Å². The van der Waals surface area contributed by atoms with Gasteiger partial charge in [-0.2, -0.15) is 79.7 Å². The minimum Gasteiger partial charge on any atom is -0.199 e. The third-order valence-corrected chi connectivity index (χ3v) is 2.78. The van der Waals surface area contributed by atoms with Crippen LogP contribution in [0.5, 0.6) is 0 Å². The van der Waals surface area contributed by atoms with Crippen LogP contribution < -0.4 is 0 Å². The molecule has 27 heavy (non-hydrogen) atoms. The fourth-order valence-corrected chi connectivity index (χ4v) is 1.23. The van der Waals surface area contributed by atoms with Crippen molar-refractivity contribution in [1.29, 1.82) is 0 Å². The maximum Gasteiger partial charge on any atom is 0.452 e. The zero-order valence-electron chi connectivity index (χ0n) is 11.3. The SMILES string of the molecule is [O]C(F)(F)C(F)(F)C(F)(F)C(F)(F)C(F)(F)C(F)(F)C(F)(F)C(F)=C(F)F. The van der Waals surface area contributed by atoms with Gasteiger partial charge in [-0.15, -0.1) is 0 Å². The largest absolute Gasteiger partial charge is 0.452 e. The van der Waals surface area contributed by atoms with Crippen molar-refractivity contribution in [1.82, 2.24) is 0 Å². The average Bonchev–Trinajstić information content (AvgIpc) is 2.43. The Morgan fingerprint density at radius 1 is 0.444 bits per heavy atom. The molecule has 0 rings (SSSR count). The van der Waals surface area contributed by atoms with Gasteiger partial charge in [0.25, 0.3) is 0 Å². The predicted octanol–water partition coefficient (Wildman–Crippen LogP) is 5.90. The van der Waals surface area contributed by atoms with E-state index < -0.39 is 53.6 Å². The fourth-order valence-electron chi connectivity index (χ4n) is 1.23. The Kier molecular flexibility index (Phi) is 5.92. The van der Waals surface area contributed by atoms with Gasteiger partial charge in [-0.25, -0.2) is 0 Å². The Morgan fingerprint density at radius 2 is 0.704 bits per heavy atom. The highest BCUT2D eigenvalue weighted by Crippen LogP contribution is 2.62. The van der Waals surface area contributed by atoms with E-state index >= 15 is 0 Å². The molecule has 0 N–H and O–H groups in total. The minimum atomic E-state index is -8.61. The predicted molar refractivity (Wildman–Crippen MR) is 45.7 cm³/mol. The van der Waals surface area contributed by atoms with Crippen LogP contribution in [0.15, 0.2) is 11.9 Å². The highest BCUT2D eigenvalue weighted by Gasteiger charge is 2.93. The first-order valence-corrected chi connectivity index (χ1v) is 5.42. The molecule has 0 aliphatic carbocycles. The third kappa shape index (κ3) is 3.18. The van der Waals surface area contributed by atoms with Crippen molar-refractivity contribution in [2.24, 2.45) is 0 Å². The molecule has 0 heterocycles. The summed E-state index contributed by atoms with van der Waals surface area (Å²) in [6, 6.07) is 0. The van der Waals surface area contributed by atoms with Crippen LogP contribution in [-0.4, -0.2) is 41.6 Å². The van der Waals surface area contributed by atoms with Crippen molar-refractivity contribution in [3.8, 4) is 0 Å². The first-order valence-electron chi connectivity index (χ1n) is 5.42. The van der Waals surface area contributed by atoms with Gasteiger partial charge in [0, 0.05) is 0 Å². The van der Waals surface area contributed by atoms with E-state index in [1.54, 1.807) is 0 Å². The molecule has 1 radical (unpaired) electrons. The van der Waals surface area contributed by atoms with E-state index in [4.69, 9.17) is 0 Å². The lowest BCUT2D eigenvalue weighted by atomic mass is 9.90. The second-order valence-electron chi connectivity index (χ2n) is 4.54. The van der Waals surface area contributed by atoms with Crippen molar-refractivity contribution < 1.29 is 79.7 Å². The Morgan fingerprint density at radius 3 is 0.963 bits per heavy atom. The van der Waals surface area contributed by atoms with E-state index in [0.29, 0.717) is 0 Å². The number of halogens is 17. The summed E-state index contributed by atoms with van der Waals surface area (Å²) in [5.74, 6) is -54.6. The molecule has 1 nitrogen and oxygen atoms in total. The standard InChI is InChI=1S/C9F17O/c10-1(2(11)12)3(13,14)4(15,16)5(17,18)6(19,20)7(21,22)8(23,24)9(25,26)27. The van der Waals surface area contributed by atoms with Gasteiger partial charge in [0.1, 0.15) is 0 Å². The molecule has 0 bridgehead atoms. The van der Waals surface area contributed by atoms with Crippen LogP contribution >= 0.6 is 0 Å². The summed E-state index contributed by atoms with van der Waals surface area (Å²) < 4.78 is 212. The topological polar surface area (TPSA) is 19.9 Å². The Bertz CT molecular complexity index is 592. The minimum absolute atomic E-state index is 4.53. The van der Waals surface area contributed by atoms with Crippen molar-refractivity contribution in [2.75, 3.05) is 0 Å². The summed E-state index contributed by atoms with van der Waals surface area (Å²) >= 11 is 0. The van der Waals surface area contributed by atoms with Gasteiger partial charge < -0.3 is 0 Å². The number of alkyl halides is 14. The second kappa shape index (κ2) is 6.26. The van der Waals surface area contributed by atoms with Gasteiger partial charge in [-0.1, -0.05) is 0 Å². The van der Waals surface area contributed by atoms with Crippen LogP contribution in [0.2, 0.25) is 0 Å². The molecular formula is C9F17O. The highest BCUT2D eigenvalue weighted by atomic mass is 19.4. The lowest BCUT2D eigenvalue weighted by Gasteiger charge is -2.41. The molecule has 0 aromatic carbocycles. The molecular weight excluding hydrogens is 447 g/mol. The number of hydrogen-bond donors (Lipinski definition) is 0. The zero-order valence-corrected chi connectivity index (χ0v) is 11.3. The number of hydrogen-bond acceptors (Lipinski definition) is 0. The van der Waals surface area contributed by atoms with Crippen LogP contribution in [0, 0.1) is 0 Å². The molecule has 0 amide bonds. The van der Waals surface area contributed by atoms with Crippen LogP contribution in [0.25, 0.3) is 0 Å². The van der Waals surface area contributed by atoms with Gasteiger partial charge in [-0.05, 0) is 0 Å². The van der Waals surface area contributed by atoms with Crippen LogP contribution in [0.4, 0.5) is 74.6 Å². The van der Waals surface area contributed by atoms with E-state index in [-0.39, 0.29) is 0 Å². The molecule has 0 saturated carbocycles. The van der Waals surface area contributed by atoms with Crippen LogP contribution in [0.3, 0.4) is 0 Å². The van der Waals surface area contributed by atoms with E-state index in [1.807, 2.05) is 0 Å². The first-order chi connectivity index (χ1) is 11.4. The number of rotatable bonds is 7. The molecule has 0 fully saturated rings.